The summed E-state index contributed by atoms with van der Waals surface area (Å²) in [5.74, 6) is -0.249. The van der Waals surface area contributed by atoms with Crippen molar-refractivity contribution in [2.45, 2.75) is 19.2 Å². The van der Waals surface area contributed by atoms with Gasteiger partial charge in [0.05, 0.1) is 5.56 Å². The first-order valence-corrected chi connectivity index (χ1v) is 8.28. The molecule has 28 heavy (non-hydrogen) atoms. The highest BCUT2D eigenvalue weighted by molar-refractivity contribution is 5.87. The van der Waals surface area contributed by atoms with Gasteiger partial charge in [-0.3, -0.25) is 0 Å². The first-order chi connectivity index (χ1) is 13.3. The Bertz CT molecular complexity index is 964. The maximum Gasteiger partial charge on any atom is 0.416 e. The van der Waals surface area contributed by atoms with Gasteiger partial charge in [0.15, 0.2) is 6.10 Å². The van der Waals surface area contributed by atoms with Crippen LogP contribution in [0.2, 0.25) is 0 Å². The molecule has 3 rings (SSSR count). The molecule has 5 nitrogen and oxygen atoms in total. The van der Waals surface area contributed by atoms with Crippen LogP contribution in [-0.2, 0) is 15.7 Å². The molecule has 3 aromatic rings. The van der Waals surface area contributed by atoms with Crippen molar-refractivity contribution >= 4 is 12.0 Å². The lowest BCUT2D eigenvalue weighted by atomic mass is 10.1. The van der Waals surface area contributed by atoms with Gasteiger partial charge >= 0.3 is 12.1 Å². The van der Waals surface area contributed by atoms with Gasteiger partial charge in [0, 0.05) is 11.6 Å². The Morgan fingerprint density at radius 2 is 1.75 bits per heavy atom. The molecule has 1 atom stereocenters. The van der Waals surface area contributed by atoms with Crippen molar-refractivity contribution in [1.82, 2.24) is 10.2 Å². The molecule has 0 N–H and O–H groups in total. The Labute approximate surface area is 158 Å². The SMILES string of the molecule is C[C@H](OC(=O)/C=C/c1ccc(C(F)(F)F)cc1)c1nnc(-c2ccccc2)o1. The van der Waals surface area contributed by atoms with Gasteiger partial charge in [-0.25, -0.2) is 4.79 Å². The van der Waals surface area contributed by atoms with Crippen LogP contribution in [0.5, 0.6) is 0 Å². The molecule has 2 aromatic carbocycles. The van der Waals surface area contributed by atoms with E-state index < -0.39 is 23.8 Å². The van der Waals surface area contributed by atoms with Crippen molar-refractivity contribution in [2.24, 2.45) is 0 Å². The zero-order valence-electron chi connectivity index (χ0n) is 14.7. The molecule has 0 bridgehead atoms. The fourth-order valence-electron chi connectivity index (χ4n) is 2.31. The first-order valence-electron chi connectivity index (χ1n) is 8.28. The van der Waals surface area contributed by atoms with Crippen molar-refractivity contribution in [3.63, 3.8) is 0 Å². The predicted molar refractivity (Wildman–Crippen MR) is 94.7 cm³/mol. The van der Waals surface area contributed by atoms with Crippen LogP contribution in [0.15, 0.2) is 65.1 Å². The van der Waals surface area contributed by atoms with Gasteiger partial charge in [0.2, 0.25) is 5.89 Å². The standard InChI is InChI=1S/C20H15F3N2O3/c1-13(18-24-25-19(28-18)15-5-3-2-4-6-15)27-17(26)12-9-14-7-10-16(11-8-14)20(21,22)23/h2-13H,1H3/b12-9+/t13-/m0/s1. The number of esters is 1. The Balaban J connectivity index is 1.60. The van der Waals surface area contributed by atoms with Crippen LogP contribution in [0.3, 0.4) is 0 Å². The normalized spacial score (nSPS) is 12.9. The summed E-state index contributed by atoms with van der Waals surface area (Å²) in [5.41, 5.74) is 0.412. The van der Waals surface area contributed by atoms with E-state index in [4.69, 9.17) is 9.15 Å². The van der Waals surface area contributed by atoms with Gasteiger partial charge in [0.1, 0.15) is 0 Å². The van der Waals surface area contributed by atoms with E-state index in [1.165, 1.54) is 18.2 Å². The highest BCUT2D eigenvalue weighted by atomic mass is 19.4. The van der Waals surface area contributed by atoms with Crippen LogP contribution >= 0.6 is 0 Å². The summed E-state index contributed by atoms with van der Waals surface area (Å²) >= 11 is 0. The number of alkyl halides is 3. The van der Waals surface area contributed by atoms with Crippen LogP contribution < -0.4 is 0 Å². The van der Waals surface area contributed by atoms with Crippen LogP contribution in [0.25, 0.3) is 17.5 Å². The minimum Gasteiger partial charge on any atom is -0.449 e. The third kappa shape index (κ3) is 4.85. The van der Waals surface area contributed by atoms with Gasteiger partial charge in [-0.05, 0) is 42.8 Å². The third-order valence-electron chi connectivity index (χ3n) is 3.75. The second kappa shape index (κ2) is 8.08. The number of carbonyl (C=O) groups excluding carboxylic acids is 1. The topological polar surface area (TPSA) is 65.2 Å². The number of hydrogen-bond donors (Lipinski definition) is 0. The lowest BCUT2D eigenvalue weighted by Crippen LogP contribution is -2.06. The van der Waals surface area contributed by atoms with Crippen molar-refractivity contribution in [1.29, 1.82) is 0 Å². The van der Waals surface area contributed by atoms with E-state index in [0.29, 0.717) is 11.5 Å². The molecule has 0 aliphatic carbocycles. The quantitative estimate of drug-likeness (QED) is 0.451. The first kappa shape index (κ1) is 19.3. The summed E-state index contributed by atoms with van der Waals surface area (Å²) in [6, 6.07) is 13.5. The van der Waals surface area contributed by atoms with Crippen LogP contribution in [0.1, 0.15) is 30.0 Å². The van der Waals surface area contributed by atoms with Gasteiger partial charge in [-0.1, -0.05) is 30.3 Å². The minimum absolute atomic E-state index is 0.134. The number of halogens is 3. The van der Waals surface area contributed by atoms with Crippen molar-refractivity contribution < 1.29 is 27.1 Å². The molecule has 0 saturated carbocycles. The summed E-state index contributed by atoms with van der Waals surface area (Å²) in [7, 11) is 0. The van der Waals surface area contributed by atoms with Crippen LogP contribution in [-0.4, -0.2) is 16.2 Å². The summed E-state index contributed by atoms with van der Waals surface area (Å²) < 4.78 is 48.3. The summed E-state index contributed by atoms with van der Waals surface area (Å²) in [5, 5.41) is 7.79. The van der Waals surface area contributed by atoms with Crippen molar-refractivity contribution in [3.05, 3.63) is 77.7 Å². The molecule has 1 heterocycles. The number of aromatic nitrogens is 2. The summed E-state index contributed by atoms with van der Waals surface area (Å²) in [6.07, 6.45) is -2.71. The minimum atomic E-state index is -4.40. The van der Waals surface area contributed by atoms with Gasteiger partial charge < -0.3 is 9.15 Å². The smallest absolute Gasteiger partial charge is 0.416 e. The monoisotopic (exact) mass is 388 g/mol. The number of hydrogen-bond acceptors (Lipinski definition) is 5. The maximum absolute atomic E-state index is 12.5. The highest BCUT2D eigenvalue weighted by Crippen LogP contribution is 2.29. The molecule has 1 aromatic heterocycles. The van der Waals surface area contributed by atoms with Crippen LogP contribution in [0, 0.1) is 0 Å². The van der Waals surface area contributed by atoms with E-state index in [2.05, 4.69) is 10.2 Å². The Kier molecular flexibility index (Phi) is 5.58. The van der Waals surface area contributed by atoms with E-state index >= 15 is 0 Å². The molecular weight excluding hydrogens is 373 g/mol. The number of nitrogens with zero attached hydrogens (tertiary/aromatic N) is 2. The lowest BCUT2D eigenvalue weighted by molar-refractivity contribution is -0.143. The molecule has 0 saturated heterocycles. The molecule has 0 radical (unpaired) electrons. The molecule has 8 heteroatoms. The fraction of sp³-hybridized carbons (Fsp3) is 0.150. The summed E-state index contributed by atoms with van der Waals surface area (Å²) in [4.78, 5) is 11.9. The van der Waals surface area contributed by atoms with Gasteiger partial charge in [0.25, 0.3) is 5.89 Å². The number of benzene rings is 2. The number of ether oxygens (including phenoxy) is 1. The highest BCUT2D eigenvalue weighted by Gasteiger charge is 2.29. The average Bonchev–Trinajstić information content (AvgIpc) is 3.17. The van der Waals surface area contributed by atoms with Gasteiger partial charge in [-0.2, -0.15) is 13.2 Å². The van der Waals surface area contributed by atoms with Crippen molar-refractivity contribution in [3.8, 4) is 11.5 Å². The zero-order chi connectivity index (χ0) is 20.1. The van der Waals surface area contributed by atoms with E-state index in [-0.39, 0.29) is 5.89 Å². The van der Waals surface area contributed by atoms with E-state index in [9.17, 15) is 18.0 Å². The Morgan fingerprint density at radius 3 is 2.39 bits per heavy atom. The van der Waals surface area contributed by atoms with E-state index in [1.807, 2.05) is 18.2 Å². The zero-order valence-corrected chi connectivity index (χ0v) is 14.7. The summed E-state index contributed by atoms with van der Waals surface area (Å²) in [6.45, 7) is 1.58. The molecule has 0 unspecified atom stereocenters. The second-order valence-corrected chi connectivity index (χ2v) is 5.84. The maximum atomic E-state index is 12.5. The van der Waals surface area contributed by atoms with Gasteiger partial charge in [-0.15, -0.1) is 10.2 Å². The third-order valence-corrected chi connectivity index (χ3v) is 3.75. The molecule has 0 aliphatic heterocycles. The molecule has 0 amide bonds. The number of rotatable bonds is 5. The lowest BCUT2D eigenvalue weighted by Gasteiger charge is -2.07. The Morgan fingerprint density at radius 1 is 1.07 bits per heavy atom. The van der Waals surface area contributed by atoms with Crippen molar-refractivity contribution in [2.75, 3.05) is 0 Å². The molecular formula is C20H15F3N2O3. The molecule has 144 valence electrons. The van der Waals surface area contributed by atoms with Crippen LogP contribution in [0.4, 0.5) is 13.2 Å². The van der Waals surface area contributed by atoms with E-state index in [0.717, 1.165) is 23.8 Å². The second-order valence-electron chi connectivity index (χ2n) is 5.84. The largest absolute Gasteiger partial charge is 0.449 e. The average molecular weight is 388 g/mol. The molecule has 0 aliphatic rings. The fourth-order valence-corrected chi connectivity index (χ4v) is 2.31. The molecule has 0 fully saturated rings. The Hall–Kier alpha value is -3.42. The number of carbonyl (C=O) groups is 1. The predicted octanol–water partition coefficient (Wildman–Crippen LogP) is 5.07. The molecule has 0 spiro atoms. The van der Waals surface area contributed by atoms with E-state index in [1.54, 1.807) is 19.1 Å².